The van der Waals surface area contributed by atoms with Crippen molar-refractivity contribution >= 4 is 11.6 Å². The van der Waals surface area contributed by atoms with Crippen LogP contribution in [0.15, 0.2) is 18.2 Å². The normalized spacial score (nSPS) is 21.8. The molecule has 0 aliphatic carbocycles. The molecule has 106 valence electrons. The minimum atomic E-state index is -0.577. The van der Waals surface area contributed by atoms with E-state index in [2.05, 4.69) is 10.6 Å². The lowest BCUT2D eigenvalue weighted by Crippen LogP contribution is -2.42. The SMILES string of the molecule is CC(C)C1(C(=O)Nc2ccc(F)c(C#N)c2)CCNC1. The largest absolute Gasteiger partial charge is 0.326 e. The molecule has 0 radical (unpaired) electrons. The fourth-order valence-electron chi connectivity index (χ4n) is 2.60. The number of amides is 1. The highest BCUT2D eigenvalue weighted by molar-refractivity contribution is 5.96. The fraction of sp³-hybridized carbons (Fsp3) is 0.467. The highest BCUT2D eigenvalue weighted by Crippen LogP contribution is 2.35. The van der Waals surface area contributed by atoms with Gasteiger partial charge in [-0.2, -0.15) is 5.26 Å². The molecule has 4 nitrogen and oxygen atoms in total. The van der Waals surface area contributed by atoms with E-state index >= 15 is 0 Å². The van der Waals surface area contributed by atoms with Crippen LogP contribution in [0.2, 0.25) is 0 Å². The number of benzene rings is 1. The van der Waals surface area contributed by atoms with Gasteiger partial charge in [-0.25, -0.2) is 4.39 Å². The summed E-state index contributed by atoms with van der Waals surface area (Å²) in [5, 5.41) is 14.8. The van der Waals surface area contributed by atoms with Crippen LogP contribution in [0.4, 0.5) is 10.1 Å². The van der Waals surface area contributed by atoms with Gasteiger partial charge in [0.05, 0.1) is 11.0 Å². The summed E-state index contributed by atoms with van der Waals surface area (Å²) in [7, 11) is 0. The molecule has 1 unspecified atom stereocenters. The number of halogens is 1. The molecule has 1 saturated heterocycles. The van der Waals surface area contributed by atoms with E-state index in [1.54, 1.807) is 6.07 Å². The number of hydrogen-bond acceptors (Lipinski definition) is 3. The lowest BCUT2D eigenvalue weighted by atomic mass is 9.75. The molecule has 1 aromatic rings. The topological polar surface area (TPSA) is 64.9 Å². The van der Waals surface area contributed by atoms with Gasteiger partial charge < -0.3 is 10.6 Å². The average molecular weight is 275 g/mol. The molecular weight excluding hydrogens is 257 g/mol. The van der Waals surface area contributed by atoms with Crippen molar-refractivity contribution in [2.24, 2.45) is 11.3 Å². The Kier molecular flexibility index (Phi) is 4.05. The molecule has 0 aromatic heterocycles. The molecular formula is C15H18FN3O. The second-order valence-corrected chi connectivity index (χ2v) is 5.50. The summed E-state index contributed by atoms with van der Waals surface area (Å²) in [4.78, 5) is 12.5. The average Bonchev–Trinajstić information content (AvgIpc) is 2.91. The molecule has 20 heavy (non-hydrogen) atoms. The maximum absolute atomic E-state index is 13.3. The smallest absolute Gasteiger partial charge is 0.232 e. The first-order valence-electron chi connectivity index (χ1n) is 6.71. The predicted octanol–water partition coefficient (Wildman–Crippen LogP) is 2.27. The van der Waals surface area contributed by atoms with Crippen molar-refractivity contribution in [3.63, 3.8) is 0 Å². The third-order valence-corrected chi connectivity index (χ3v) is 4.09. The Labute approximate surface area is 118 Å². The Hall–Kier alpha value is -1.93. The standard InChI is InChI=1S/C15H18FN3O/c1-10(2)15(5-6-18-9-15)14(20)19-12-3-4-13(16)11(7-12)8-17/h3-4,7,10,18H,5-6,9H2,1-2H3,(H,19,20). The van der Waals surface area contributed by atoms with Gasteiger partial charge in [-0.1, -0.05) is 13.8 Å². The monoisotopic (exact) mass is 275 g/mol. The van der Waals surface area contributed by atoms with Crippen LogP contribution in [0.5, 0.6) is 0 Å². The summed E-state index contributed by atoms with van der Waals surface area (Å²) in [6.45, 7) is 5.51. The highest BCUT2D eigenvalue weighted by atomic mass is 19.1. The number of nitriles is 1. The van der Waals surface area contributed by atoms with Gasteiger partial charge in [0.1, 0.15) is 11.9 Å². The van der Waals surface area contributed by atoms with E-state index in [-0.39, 0.29) is 17.4 Å². The first-order chi connectivity index (χ1) is 9.49. The van der Waals surface area contributed by atoms with Gasteiger partial charge >= 0.3 is 0 Å². The van der Waals surface area contributed by atoms with E-state index in [0.29, 0.717) is 12.2 Å². The third-order valence-electron chi connectivity index (χ3n) is 4.09. The molecule has 1 heterocycles. The zero-order chi connectivity index (χ0) is 14.8. The second kappa shape index (κ2) is 5.59. The maximum Gasteiger partial charge on any atom is 0.232 e. The molecule has 0 spiro atoms. The van der Waals surface area contributed by atoms with E-state index in [9.17, 15) is 9.18 Å². The summed E-state index contributed by atoms with van der Waals surface area (Å²) in [6.07, 6.45) is 0.781. The van der Waals surface area contributed by atoms with Crippen LogP contribution in [0.25, 0.3) is 0 Å². The fourth-order valence-corrected chi connectivity index (χ4v) is 2.60. The van der Waals surface area contributed by atoms with Gasteiger partial charge in [0.25, 0.3) is 0 Å². The number of nitrogens with one attached hydrogen (secondary N) is 2. The first kappa shape index (κ1) is 14.5. The lowest BCUT2D eigenvalue weighted by molar-refractivity contribution is -0.126. The van der Waals surface area contributed by atoms with Gasteiger partial charge in [-0.3, -0.25) is 4.79 Å². The second-order valence-electron chi connectivity index (χ2n) is 5.50. The van der Waals surface area contributed by atoms with Crippen molar-refractivity contribution in [1.82, 2.24) is 5.32 Å². The van der Waals surface area contributed by atoms with Crippen LogP contribution in [-0.2, 0) is 4.79 Å². The van der Waals surface area contributed by atoms with Crippen molar-refractivity contribution in [2.75, 3.05) is 18.4 Å². The van der Waals surface area contributed by atoms with Crippen LogP contribution in [0.3, 0.4) is 0 Å². The minimum Gasteiger partial charge on any atom is -0.326 e. The third kappa shape index (κ3) is 2.52. The first-order valence-corrected chi connectivity index (χ1v) is 6.71. The van der Waals surface area contributed by atoms with Gasteiger partial charge in [-0.15, -0.1) is 0 Å². The summed E-state index contributed by atoms with van der Waals surface area (Å²) < 4.78 is 13.3. The molecule has 2 N–H and O–H groups in total. The zero-order valence-electron chi connectivity index (χ0n) is 11.7. The molecule has 1 fully saturated rings. The number of carbonyl (C=O) groups excluding carboxylic acids is 1. The molecule has 0 saturated carbocycles. The Morgan fingerprint density at radius 1 is 1.55 bits per heavy atom. The molecule has 1 atom stereocenters. The van der Waals surface area contributed by atoms with Crippen LogP contribution in [0, 0.1) is 28.5 Å². The van der Waals surface area contributed by atoms with Crippen LogP contribution in [-0.4, -0.2) is 19.0 Å². The molecule has 1 amide bonds. The van der Waals surface area contributed by atoms with E-state index in [0.717, 1.165) is 13.0 Å². The van der Waals surface area contributed by atoms with E-state index < -0.39 is 11.2 Å². The Morgan fingerprint density at radius 2 is 2.30 bits per heavy atom. The van der Waals surface area contributed by atoms with E-state index in [1.165, 1.54) is 18.2 Å². The molecule has 1 aromatic carbocycles. The highest BCUT2D eigenvalue weighted by Gasteiger charge is 2.43. The van der Waals surface area contributed by atoms with Gasteiger partial charge in [0, 0.05) is 12.2 Å². The van der Waals surface area contributed by atoms with Crippen LogP contribution < -0.4 is 10.6 Å². The zero-order valence-corrected chi connectivity index (χ0v) is 11.7. The number of rotatable bonds is 3. The number of nitrogens with zero attached hydrogens (tertiary/aromatic N) is 1. The van der Waals surface area contributed by atoms with Crippen molar-refractivity contribution < 1.29 is 9.18 Å². The molecule has 5 heteroatoms. The molecule has 1 aliphatic heterocycles. The van der Waals surface area contributed by atoms with Crippen LogP contribution >= 0.6 is 0 Å². The Bertz CT molecular complexity index is 557. The number of hydrogen-bond donors (Lipinski definition) is 2. The molecule has 0 bridgehead atoms. The van der Waals surface area contributed by atoms with Crippen molar-refractivity contribution in [3.05, 3.63) is 29.6 Å². The Morgan fingerprint density at radius 3 is 2.85 bits per heavy atom. The van der Waals surface area contributed by atoms with Crippen LogP contribution in [0.1, 0.15) is 25.8 Å². The van der Waals surface area contributed by atoms with E-state index in [1.807, 2.05) is 13.8 Å². The maximum atomic E-state index is 13.3. The number of carbonyl (C=O) groups is 1. The van der Waals surface area contributed by atoms with Crippen molar-refractivity contribution in [1.29, 1.82) is 5.26 Å². The summed E-state index contributed by atoms with van der Waals surface area (Å²) in [6, 6.07) is 5.81. The van der Waals surface area contributed by atoms with Gasteiger partial charge in [0.15, 0.2) is 0 Å². The van der Waals surface area contributed by atoms with E-state index in [4.69, 9.17) is 5.26 Å². The summed E-state index contributed by atoms with van der Waals surface area (Å²) in [5.74, 6) is -0.451. The van der Waals surface area contributed by atoms with Gasteiger partial charge in [0.2, 0.25) is 5.91 Å². The van der Waals surface area contributed by atoms with Gasteiger partial charge in [-0.05, 0) is 37.1 Å². The summed E-state index contributed by atoms with van der Waals surface area (Å²) in [5.41, 5.74) is -0.0490. The van der Waals surface area contributed by atoms with Crippen molar-refractivity contribution in [3.8, 4) is 6.07 Å². The Balaban J connectivity index is 2.21. The lowest BCUT2D eigenvalue weighted by Gasteiger charge is -2.31. The predicted molar refractivity (Wildman–Crippen MR) is 74.5 cm³/mol. The quantitative estimate of drug-likeness (QED) is 0.889. The number of anilines is 1. The minimum absolute atomic E-state index is 0.0639. The summed E-state index contributed by atoms with van der Waals surface area (Å²) >= 11 is 0. The van der Waals surface area contributed by atoms with Crippen molar-refractivity contribution in [2.45, 2.75) is 20.3 Å². The molecule has 1 aliphatic rings. The molecule has 2 rings (SSSR count).